The summed E-state index contributed by atoms with van der Waals surface area (Å²) in [6, 6.07) is 4.02. The minimum absolute atomic E-state index is 0.189. The Hall–Kier alpha value is -1.25. The Morgan fingerprint density at radius 2 is 2.27 bits per heavy atom. The van der Waals surface area contributed by atoms with Crippen molar-refractivity contribution in [2.24, 2.45) is 0 Å². The lowest BCUT2D eigenvalue weighted by atomic mass is 10.3. The second-order valence-electron chi connectivity index (χ2n) is 2.88. The minimum atomic E-state index is 0.189. The van der Waals surface area contributed by atoms with Crippen molar-refractivity contribution in [2.45, 2.75) is 13.1 Å². The van der Waals surface area contributed by atoms with Crippen LogP contribution in [0.2, 0.25) is 0 Å². The monoisotopic (exact) mass is 150 g/mol. The van der Waals surface area contributed by atoms with E-state index in [4.69, 9.17) is 0 Å². The van der Waals surface area contributed by atoms with E-state index in [1.807, 2.05) is 29.9 Å². The molecule has 1 amide bonds. The Morgan fingerprint density at radius 1 is 1.45 bits per heavy atom. The van der Waals surface area contributed by atoms with E-state index < -0.39 is 0 Å². The van der Waals surface area contributed by atoms with Crippen molar-refractivity contribution >= 4 is 5.91 Å². The van der Waals surface area contributed by atoms with E-state index in [-0.39, 0.29) is 5.91 Å². The summed E-state index contributed by atoms with van der Waals surface area (Å²) in [6.07, 6.45) is 1.94. The smallest absolute Gasteiger partial charge is 0.242 e. The van der Waals surface area contributed by atoms with Crippen LogP contribution < -0.4 is 0 Å². The van der Waals surface area contributed by atoms with Gasteiger partial charge in [0, 0.05) is 18.9 Å². The minimum Gasteiger partial charge on any atom is -0.340 e. The second kappa shape index (κ2) is 2.12. The SMILES string of the molecule is CN1Cc2cccn2CC1=O. The molecule has 58 valence electrons. The predicted molar refractivity (Wildman–Crippen MR) is 40.9 cm³/mol. The number of carbonyl (C=O) groups excluding carboxylic acids is 1. The van der Waals surface area contributed by atoms with Crippen LogP contribution in [0.4, 0.5) is 0 Å². The van der Waals surface area contributed by atoms with Crippen LogP contribution in [0.5, 0.6) is 0 Å². The Kier molecular flexibility index (Phi) is 1.24. The largest absolute Gasteiger partial charge is 0.340 e. The molecular weight excluding hydrogens is 140 g/mol. The lowest BCUT2D eigenvalue weighted by Crippen LogP contribution is -2.35. The molecule has 0 aromatic carbocycles. The van der Waals surface area contributed by atoms with Gasteiger partial charge < -0.3 is 9.47 Å². The third-order valence-electron chi connectivity index (χ3n) is 2.05. The Labute approximate surface area is 65.2 Å². The molecule has 0 unspecified atom stereocenters. The van der Waals surface area contributed by atoms with Crippen molar-refractivity contribution in [1.29, 1.82) is 0 Å². The molecule has 3 nitrogen and oxygen atoms in total. The molecule has 1 aromatic heterocycles. The maximum Gasteiger partial charge on any atom is 0.242 e. The molecular formula is C8H10N2O. The number of amides is 1. The zero-order valence-corrected chi connectivity index (χ0v) is 6.45. The Bertz CT molecular complexity index is 290. The molecule has 1 aliphatic heterocycles. The molecule has 1 aliphatic rings. The van der Waals surface area contributed by atoms with Gasteiger partial charge in [0.1, 0.15) is 6.54 Å². The van der Waals surface area contributed by atoms with Crippen LogP contribution in [-0.2, 0) is 17.9 Å². The molecule has 0 saturated carbocycles. The van der Waals surface area contributed by atoms with E-state index in [9.17, 15) is 4.79 Å². The van der Waals surface area contributed by atoms with E-state index in [1.165, 1.54) is 5.69 Å². The van der Waals surface area contributed by atoms with Gasteiger partial charge in [0.25, 0.3) is 0 Å². The lowest BCUT2D eigenvalue weighted by molar-refractivity contribution is -0.132. The molecule has 3 heteroatoms. The maximum absolute atomic E-state index is 11.2. The first-order valence-corrected chi connectivity index (χ1v) is 3.65. The number of rotatable bonds is 0. The fourth-order valence-corrected chi connectivity index (χ4v) is 1.34. The lowest BCUT2D eigenvalue weighted by Gasteiger charge is -2.24. The Balaban J connectivity index is 2.37. The summed E-state index contributed by atoms with van der Waals surface area (Å²) in [7, 11) is 1.83. The summed E-state index contributed by atoms with van der Waals surface area (Å²) in [6.45, 7) is 1.24. The number of likely N-dealkylation sites (N-methyl/N-ethyl adjacent to an activating group) is 1. The molecule has 0 atom stereocenters. The van der Waals surface area contributed by atoms with Gasteiger partial charge in [-0.1, -0.05) is 0 Å². The van der Waals surface area contributed by atoms with E-state index in [2.05, 4.69) is 0 Å². The molecule has 1 aromatic rings. The average molecular weight is 150 g/mol. The van der Waals surface area contributed by atoms with E-state index >= 15 is 0 Å². The second-order valence-corrected chi connectivity index (χ2v) is 2.88. The molecule has 0 radical (unpaired) electrons. The zero-order chi connectivity index (χ0) is 7.84. The highest BCUT2D eigenvalue weighted by Crippen LogP contribution is 2.11. The summed E-state index contributed by atoms with van der Waals surface area (Å²) in [5.74, 6) is 0.189. The normalized spacial score (nSPS) is 16.8. The van der Waals surface area contributed by atoms with Crippen molar-refractivity contribution in [2.75, 3.05) is 7.05 Å². The Morgan fingerprint density at radius 3 is 3.09 bits per heavy atom. The summed E-state index contributed by atoms with van der Waals surface area (Å²) < 4.78 is 1.99. The predicted octanol–water partition coefficient (Wildman–Crippen LogP) is 0.460. The summed E-state index contributed by atoms with van der Waals surface area (Å²) >= 11 is 0. The highest BCUT2D eigenvalue weighted by atomic mass is 16.2. The van der Waals surface area contributed by atoms with Crippen LogP contribution in [0.1, 0.15) is 5.69 Å². The van der Waals surface area contributed by atoms with E-state index in [1.54, 1.807) is 4.90 Å². The van der Waals surface area contributed by atoms with Crippen molar-refractivity contribution in [3.63, 3.8) is 0 Å². The fraction of sp³-hybridized carbons (Fsp3) is 0.375. The molecule has 0 fully saturated rings. The third kappa shape index (κ3) is 0.926. The number of hydrogen-bond acceptors (Lipinski definition) is 1. The van der Waals surface area contributed by atoms with Crippen LogP contribution >= 0.6 is 0 Å². The third-order valence-corrected chi connectivity index (χ3v) is 2.05. The fourth-order valence-electron chi connectivity index (χ4n) is 1.34. The highest BCUT2D eigenvalue weighted by molar-refractivity contribution is 5.76. The van der Waals surface area contributed by atoms with Gasteiger partial charge in [-0.25, -0.2) is 0 Å². The number of fused-ring (bicyclic) bond motifs is 1. The maximum atomic E-state index is 11.2. The first kappa shape index (κ1) is 6.46. The number of carbonyl (C=O) groups is 1. The van der Waals surface area contributed by atoms with Crippen LogP contribution in [0.25, 0.3) is 0 Å². The molecule has 11 heavy (non-hydrogen) atoms. The van der Waals surface area contributed by atoms with Gasteiger partial charge in [0.2, 0.25) is 5.91 Å². The van der Waals surface area contributed by atoms with Crippen LogP contribution in [0, 0.1) is 0 Å². The molecule has 2 heterocycles. The quantitative estimate of drug-likeness (QED) is 0.527. The van der Waals surface area contributed by atoms with Gasteiger partial charge in [0.05, 0.1) is 6.54 Å². The van der Waals surface area contributed by atoms with Crippen LogP contribution in [-0.4, -0.2) is 22.4 Å². The first-order valence-electron chi connectivity index (χ1n) is 3.65. The van der Waals surface area contributed by atoms with Gasteiger partial charge >= 0.3 is 0 Å². The standard InChI is InChI=1S/C8H10N2O/c1-9-5-7-3-2-4-10(7)6-8(9)11/h2-4H,5-6H2,1H3. The number of aromatic nitrogens is 1. The summed E-state index contributed by atoms with van der Waals surface area (Å²) in [5.41, 5.74) is 1.21. The van der Waals surface area contributed by atoms with Crippen molar-refractivity contribution in [3.05, 3.63) is 24.0 Å². The van der Waals surface area contributed by atoms with Crippen LogP contribution in [0.3, 0.4) is 0 Å². The summed E-state index contributed by atoms with van der Waals surface area (Å²) in [4.78, 5) is 12.9. The van der Waals surface area contributed by atoms with E-state index in [0.717, 1.165) is 6.54 Å². The molecule has 0 saturated heterocycles. The van der Waals surface area contributed by atoms with Crippen molar-refractivity contribution < 1.29 is 4.79 Å². The van der Waals surface area contributed by atoms with Gasteiger partial charge in [0.15, 0.2) is 0 Å². The number of hydrogen-bond donors (Lipinski definition) is 0. The summed E-state index contributed by atoms with van der Waals surface area (Å²) in [5, 5.41) is 0. The van der Waals surface area contributed by atoms with E-state index in [0.29, 0.717) is 6.54 Å². The molecule has 0 bridgehead atoms. The number of nitrogens with zero attached hydrogens (tertiary/aromatic N) is 2. The van der Waals surface area contributed by atoms with Crippen molar-refractivity contribution in [3.8, 4) is 0 Å². The van der Waals surface area contributed by atoms with Gasteiger partial charge in [-0.3, -0.25) is 4.79 Å². The molecule has 0 aliphatic carbocycles. The average Bonchev–Trinajstić information content (AvgIpc) is 2.36. The van der Waals surface area contributed by atoms with Gasteiger partial charge in [-0.05, 0) is 12.1 Å². The topological polar surface area (TPSA) is 25.2 Å². The highest BCUT2D eigenvalue weighted by Gasteiger charge is 2.17. The van der Waals surface area contributed by atoms with Gasteiger partial charge in [-0.15, -0.1) is 0 Å². The molecule has 2 rings (SSSR count). The molecule has 0 spiro atoms. The first-order chi connectivity index (χ1) is 5.27. The van der Waals surface area contributed by atoms with Gasteiger partial charge in [-0.2, -0.15) is 0 Å². The molecule has 0 N–H and O–H groups in total. The van der Waals surface area contributed by atoms with Crippen LogP contribution in [0.15, 0.2) is 18.3 Å². The zero-order valence-electron chi connectivity index (χ0n) is 6.45. The van der Waals surface area contributed by atoms with Crippen molar-refractivity contribution in [1.82, 2.24) is 9.47 Å².